The molecule has 1 aromatic carbocycles. The monoisotopic (exact) mass is 350 g/mol. The third-order valence-corrected chi connectivity index (χ3v) is 4.15. The fraction of sp³-hybridized carbons (Fsp3) is 0.0526. The SMILES string of the molecule is Oc1ccc(CNc2cc(Cl)cc(-c3c[nH]c4ncccc34)n2)cc1. The van der Waals surface area contributed by atoms with Gasteiger partial charge in [-0.15, -0.1) is 0 Å². The van der Waals surface area contributed by atoms with Crippen LogP contribution in [0.3, 0.4) is 0 Å². The number of halogens is 1. The van der Waals surface area contributed by atoms with Gasteiger partial charge in [-0.2, -0.15) is 0 Å². The number of hydrogen-bond acceptors (Lipinski definition) is 4. The number of nitrogens with zero attached hydrogens (tertiary/aromatic N) is 2. The number of rotatable bonds is 4. The maximum atomic E-state index is 9.35. The molecule has 0 saturated carbocycles. The summed E-state index contributed by atoms with van der Waals surface area (Å²) in [6.07, 6.45) is 3.64. The smallest absolute Gasteiger partial charge is 0.137 e. The molecule has 5 nitrogen and oxygen atoms in total. The molecule has 0 fully saturated rings. The highest BCUT2D eigenvalue weighted by Crippen LogP contribution is 2.29. The molecule has 3 N–H and O–H groups in total. The third-order valence-electron chi connectivity index (χ3n) is 3.93. The average Bonchev–Trinajstić information content (AvgIpc) is 3.05. The highest BCUT2D eigenvalue weighted by Gasteiger charge is 2.10. The van der Waals surface area contributed by atoms with Gasteiger partial charge in [0, 0.05) is 34.9 Å². The molecule has 0 aliphatic carbocycles. The Labute approximate surface area is 149 Å². The molecule has 3 aromatic heterocycles. The maximum Gasteiger partial charge on any atom is 0.137 e. The van der Waals surface area contributed by atoms with E-state index < -0.39 is 0 Å². The van der Waals surface area contributed by atoms with Crippen LogP contribution in [0.1, 0.15) is 5.56 Å². The Balaban J connectivity index is 1.63. The number of phenolic OH excluding ortho intramolecular Hbond substituents is 1. The molecule has 0 amide bonds. The highest BCUT2D eigenvalue weighted by atomic mass is 35.5. The number of anilines is 1. The number of aromatic amines is 1. The Kier molecular flexibility index (Phi) is 3.99. The van der Waals surface area contributed by atoms with Gasteiger partial charge < -0.3 is 15.4 Å². The van der Waals surface area contributed by atoms with Crippen molar-refractivity contribution in [2.24, 2.45) is 0 Å². The molecule has 6 heteroatoms. The minimum absolute atomic E-state index is 0.250. The van der Waals surface area contributed by atoms with Gasteiger partial charge in [0.05, 0.1) is 5.69 Å². The summed E-state index contributed by atoms with van der Waals surface area (Å²) in [4.78, 5) is 12.1. The highest BCUT2D eigenvalue weighted by molar-refractivity contribution is 6.31. The lowest BCUT2D eigenvalue weighted by atomic mass is 10.1. The predicted molar refractivity (Wildman–Crippen MR) is 99.8 cm³/mol. The van der Waals surface area contributed by atoms with E-state index in [1.807, 2.05) is 36.5 Å². The third kappa shape index (κ3) is 3.27. The van der Waals surface area contributed by atoms with Crippen LogP contribution in [0.15, 0.2) is 60.9 Å². The zero-order valence-corrected chi connectivity index (χ0v) is 14.0. The second-order valence-corrected chi connectivity index (χ2v) is 6.11. The van der Waals surface area contributed by atoms with Crippen LogP contribution in [-0.2, 0) is 6.54 Å². The van der Waals surface area contributed by atoms with Crippen LogP contribution >= 0.6 is 11.6 Å². The van der Waals surface area contributed by atoms with Gasteiger partial charge in [-0.1, -0.05) is 23.7 Å². The van der Waals surface area contributed by atoms with Crippen molar-refractivity contribution in [1.29, 1.82) is 0 Å². The van der Waals surface area contributed by atoms with E-state index in [2.05, 4.69) is 20.3 Å². The zero-order chi connectivity index (χ0) is 17.2. The van der Waals surface area contributed by atoms with E-state index in [0.29, 0.717) is 17.4 Å². The summed E-state index contributed by atoms with van der Waals surface area (Å²) in [5.74, 6) is 0.939. The molecule has 0 atom stereocenters. The van der Waals surface area contributed by atoms with Gasteiger partial charge in [0.15, 0.2) is 0 Å². The number of nitrogens with one attached hydrogen (secondary N) is 2. The normalized spacial score (nSPS) is 10.9. The van der Waals surface area contributed by atoms with Crippen molar-refractivity contribution in [3.63, 3.8) is 0 Å². The molecule has 0 bridgehead atoms. The Morgan fingerprint density at radius 3 is 2.80 bits per heavy atom. The van der Waals surface area contributed by atoms with Crippen molar-refractivity contribution in [2.75, 3.05) is 5.32 Å². The molecule has 0 aliphatic rings. The zero-order valence-electron chi connectivity index (χ0n) is 13.2. The van der Waals surface area contributed by atoms with Crippen molar-refractivity contribution in [3.8, 4) is 17.0 Å². The number of H-pyrrole nitrogens is 1. The van der Waals surface area contributed by atoms with Crippen LogP contribution < -0.4 is 5.32 Å². The van der Waals surface area contributed by atoms with E-state index in [4.69, 9.17) is 11.6 Å². The number of phenols is 1. The summed E-state index contributed by atoms with van der Waals surface area (Å²) in [6, 6.07) is 14.6. The van der Waals surface area contributed by atoms with E-state index in [1.54, 1.807) is 24.4 Å². The number of aromatic hydroxyl groups is 1. The summed E-state index contributed by atoms with van der Waals surface area (Å²) in [7, 11) is 0. The quantitative estimate of drug-likeness (QED) is 0.503. The molecule has 4 aromatic rings. The molecule has 0 radical (unpaired) electrons. The minimum atomic E-state index is 0.250. The summed E-state index contributed by atoms with van der Waals surface area (Å²) in [6.45, 7) is 0.586. The number of fused-ring (bicyclic) bond motifs is 1. The van der Waals surface area contributed by atoms with E-state index >= 15 is 0 Å². The van der Waals surface area contributed by atoms with Gasteiger partial charge in [-0.25, -0.2) is 9.97 Å². The lowest BCUT2D eigenvalue weighted by Crippen LogP contribution is -2.01. The Morgan fingerprint density at radius 2 is 1.96 bits per heavy atom. The van der Waals surface area contributed by atoms with Gasteiger partial charge in [-0.05, 0) is 42.0 Å². The number of aromatic nitrogens is 3. The van der Waals surface area contributed by atoms with Crippen LogP contribution in [0.2, 0.25) is 5.02 Å². The van der Waals surface area contributed by atoms with E-state index in [0.717, 1.165) is 27.9 Å². The predicted octanol–water partition coefficient (Wildman–Crippen LogP) is 4.60. The van der Waals surface area contributed by atoms with E-state index in [1.165, 1.54) is 0 Å². The number of hydrogen-bond donors (Lipinski definition) is 3. The van der Waals surface area contributed by atoms with Crippen molar-refractivity contribution in [1.82, 2.24) is 15.0 Å². The first-order chi connectivity index (χ1) is 12.2. The van der Waals surface area contributed by atoms with Crippen LogP contribution in [0, 0.1) is 0 Å². The molecule has 3 heterocycles. The summed E-state index contributed by atoms with van der Waals surface area (Å²) in [5, 5.41) is 14.2. The largest absolute Gasteiger partial charge is 0.508 e. The summed E-state index contributed by atoms with van der Waals surface area (Å²) >= 11 is 6.28. The molecule has 0 aliphatic heterocycles. The van der Waals surface area contributed by atoms with E-state index in [-0.39, 0.29) is 5.75 Å². The van der Waals surface area contributed by atoms with Crippen LogP contribution in [-0.4, -0.2) is 20.1 Å². The minimum Gasteiger partial charge on any atom is -0.508 e. The second kappa shape index (κ2) is 6.45. The average molecular weight is 351 g/mol. The van der Waals surface area contributed by atoms with Crippen LogP contribution in [0.5, 0.6) is 5.75 Å². The maximum absolute atomic E-state index is 9.35. The second-order valence-electron chi connectivity index (χ2n) is 5.68. The Hall–Kier alpha value is -3.05. The topological polar surface area (TPSA) is 73.8 Å². The first-order valence-corrected chi connectivity index (χ1v) is 8.19. The standard InChI is InChI=1S/C19H15ClN4O/c20-13-8-17(16-11-23-19-15(16)2-1-7-21-19)24-18(9-13)22-10-12-3-5-14(25)6-4-12/h1-9,11,25H,10H2,(H,21,23)(H,22,24). The van der Waals surface area contributed by atoms with Crippen molar-refractivity contribution < 1.29 is 5.11 Å². The fourth-order valence-corrected chi connectivity index (χ4v) is 2.91. The van der Waals surface area contributed by atoms with Crippen molar-refractivity contribution in [2.45, 2.75) is 6.54 Å². The lowest BCUT2D eigenvalue weighted by molar-refractivity contribution is 0.475. The molecule has 0 saturated heterocycles. The van der Waals surface area contributed by atoms with Gasteiger partial charge in [0.2, 0.25) is 0 Å². The molecule has 0 unspecified atom stereocenters. The first kappa shape index (κ1) is 15.5. The Bertz CT molecular complexity index is 1030. The van der Waals surface area contributed by atoms with Crippen LogP contribution in [0.4, 0.5) is 5.82 Å². The molecule has 0 spiro atoms. The van der Waals surface area contributed by atoms with Gasteiger partial charge in [0.1, 0.15) is 17.2 Å². The van der Waals surface area contributed by atoms with Crippen molar-refractivity contribution in [3.05, 3.63) is 71.5 Å². The number of benzene rings is 1. The van der Waals surface area contributed by atoms with Gasteiger partial charge in [-0.3, -0.25) is 0 Å². The molecular weight excluding hydrogens is 336 g/mol. The van der Waals surface area contributed by atoms with Gasteiger partial charge in [0.25, 0.3) is 0 Å². The lowest BCUT2D eigenvalue weighted by Gasteiger charge is -2.09. The molecular formula is C19H15ClN4O. The molecule has 124 valence electrons. The summed E-state index contributed by atoms with van der Waals surface area (Å²) in [5.41, 5.74) is 3.59. The Morgan fingerprint density at radius 1 is 1.12 bits per heavy atom. The first-order valence-electron chi connectivity index (χ1n) is 7.81. The van der Waals surface area contributed by atoms with Crippen molar-refractivity contribution >= 4 is 28.5 Å². The summed E-state index contributed by atoms with van der Waals surface area (Å²) < 4.78 is 0. The molecule has 4 rings (SSSR count). The number of pyridine rings is 2. The van der Waals surface area contributed by atoms with Crippen LogP contribution in [0.25, 0.3) is 22.3 Å². The molecule has 25 heavy (non-hydrogen) atoms. The van der Waals surface area contributed by atoms with Gasteiger partial charge >= 0.3 is 0 Å². The fourth-order valence-electron chi connectivity index (χ4n) is 2.70. The van der Waals surface area contributed by atoms with E-state index in [9.17, 15) is 5.11 Å².